The largest absolute Gasteiger partial charge is 0.276 e. The van der Waals surface area contributed by atoms with Crippen molar-refractivity contribution in [2.75, 3.05) is 0 Å². The molecule has 0 aliphatic heterocycles. The number of halogens is 1. The number of nitrogens with one attached hydrogen (secondary N) is 1. The highest BCUT2D eigenvalue weighted by molar-refractivity contribution is 6.35. The van der Waals surface area contributed by atoms with Gasteiger partial charge < -0.3 is 0 Å². The lowest BCUT2D eigenvalue weighted by atomic mass is 9.85. The van der Waals surface area contributed by atoms with E-state index in [2.05, 4.69) is 37.0 Å². The third-order valence-corrected chi connectivity index (χ3v) is 2.69. The number of rotatable bonds is 0. The van der Waals surface area contributed by atoms with Crippen LogP contribution < -0.4 is 0 Å². The molecule has 0 unspecified atom stereocenters. The van der Waals surface area contributed by atoms with Crippen LogP contribution in [0.2, 0.25) is 5.02 Å². The van der Waals surface area contributed by atoms with E-state index < -0.39 is 0 Å². The predicted octanol–water partition coefficient (Wildman–Crippen LogP) is 3.51. The summed E-state index contributed by atoms with van der Waals surface area (Å²) in [6, 6.07) is 3.99. The summed E-state index contributed by atoms with van der Waals surface area (Å²) in [5.41, 5.74) is 2.32. The monoisotopic (exact) mass is 208 g/mol. The fourth-order valence-corrected chi connectivity index (χ4v) is 1.86. The Balaban J connectivity index is 2.80. The maximum Gasteiger partial charge on any atom is 0.0839 e. The molecule has 0 amide bonds. The lowest BCUT2D eigenvalue weighted by Crippen LogP contribution is -2.11. The molecule has 74 valence electrons. The van der Waals surface area contributed by atoms with Crippen LogP contribution in [0.15, 0.2) is 18.3 Å². The van der Waals surface area contributed by atoms with Crippen molar-refractivity contribution in [3.05, 3.63) is 28.9 Å². The maximum absolute atomic E-state index is 6.05. The molecule has 2 aromatic rings. The zero-order valence-electron chi connectivity index (χ0n) is 8.56. The zero-order valence-corrected chi connectivity index (χ0v) is 9.31. The fourth-order valence-electron chi connectivity index (χ4n) is 1.66. The average Bonchev–Trinajstić information content (AvgIpc) is 2.50. The quantitative estimate of drug-likeness (QED) is 0.705. The first-order valence-corrected chi connectivity index (χ1v) is 5.00. The van der Waals surface area contributed by atoms with E-state index in [1.165, 1.54) is 5.56 Å². The molecule has 1 heterocycles. The molecule has 3 heteroatoms. The Kier molecular flexibility index (Phi) is 2.04. The van der Waals surface area contributed by atoms with E-state index in [9.17, 15) is 0 Å². The second kappa shape index (κ2) is 2.99. The van der Waals surface area contributed by atoms with Gasteiger partial charge in [0, 0.05) is 5.39 Å². The number of benzene rings is 1. The van der Waals surface area contributed by atoms with Crippen LogP contribution in [-0.2, 0) is 5.41 Å². The van der Waals surface area contributed by atoms with Crippen molar-refractivity contribution in [2.45, 2.75) is 26.2 Å². The smallest absolute Gasteiger partial charge is 0.0839 e. The van der Waals surface area contributed by atoms with Gasteiger partial charge in [0.15, 0.2) is 0 Å². The molecular weight excluding hydrogens is 196 g/mol. The molecule has 14 heavy (non-hydrogen) atoms. The summed E-state index contributed by atoms with van der Waals surface area (Å²) in [6.45, 7) is 6.55. The van der Waals surface area contributed by atoms with Crippen molar-refractivity contribution >= 4 is 22.5 Å². The van der Waals surface area contributed by atoms with Crippen LogP contribution in [0.4, 0.5) is 0 Å². The Morgan fingerprint density at radius 1 is 1.29 bits per heavy atom. The molecule has 0 bridgehead atoms. The second-order valence-electron chi connectivity index (χ2n) is 4.50. The van der Waals surface area contributed by atoms with Gasteiger partial charge in [-0.15, -0.1) is 0 Å². The summed E-state index contributed by atoms with van der Waals surface area (Å²) >= 11 is 6.05. The SMILES string of the molecule is CC(C)(C)c1ccc(Cl)c2[nH]ncc12. The first kappa shape index (κ1) is 9.53. The van der Waals surface area contributed by atoms with E-state index >= 15 is 0 Å². The molecule has 0 aliphatic rings. The predicted molar refractivity (Wildman–Crippen MR) is 59.8 cm³/mol. The fraction of sp³-hybridized carbons (Fsp3) is 0.364. The molecule has 1 aromatic carbocycles. The number of H-pyrrole nitrogens is 1. The van der Waals surface area contributed by atoms with Gasteiger partial charge in [0.05, 0.1) is 16.7 Å². The highest BCUT2D eigenvalue weighted by Gasteiger charge is 2.18. The van der Waals surface area contributed by atoms with Gasteiger partial charge in [0.25, 0.3) is 0 Å². The lowest BCUT2D eigenvalue weighted by molar-refractivity contribution is 0.596. The highest BCUT2D eigenvalue weighted by Crippen LogP contribution is 2.32. The Morgan fingerprint density at radius 2 is 2.00 bits per heavy atom. The molecule has 0 atom stereocenters. The second-order valence-corrected chi connectivity index (χ2v) is 4.91. The summed E-state index contributed by atoms with van der Waals surface area (Å²) in [4.78, 5) is 0. The summed E-state index contributed by atoms with van der Waals surface area (Å²) < 4.78 is 0. The number of hydrogen-bond donors (Lipinski definition) is 1. The van der Waals surface area contributed by atoms with Crippen molar-refractivity contribution in [1.29, 1.82) is 0 Å². The van der Waals surface area contributed by atoms with Crippen LogP contribution in [-0.4, -0.2) is 10.2 Å². The van der Waals surface area contributed by atoms with E-state index in [0.717, 1.165) is 15.9 Å². The van der Waals surface area contributed by atoms with Crippen LogP contribution >= 0.6 is 11.6 Å². The minimum atomic E-state index is 0.118. The average molecular weight is 209 g/mol. The summed E-state index contributed by atoms with van der Waals surface area (Å²) in [7, 11) is 0. The Labute approximate surface area is 88.3 Å². The summed E-state index contributed by atoms with van der Waals surface area (Å²) in [5, 5.41) is 8.79. The van der Waals surface area contributed by atoms with Crippen molar-refractivity contribution < 1.29 is 0 Å². The van der Waals surface area contributed by atoms with Crippen molar-refractivity contribution in [2.24, 2.45) is 0 Å². The van der Waals surface area contributed by atoms with Crippen LogP contribution in [0.25, 0.3) is 10.9 Å². The summed E-state index contributed by atoms with van der Waals surface area (Å²) in [5.74, 6) is 0. The highest BCUT2D eigenvalue weighted by atomic mass is 35.5. The number of fused-ring (bicyclic) bond motifs is 1. The molecular formula is C11H13ClN2. The first-order valence-electron chi connectivity index (χ1n) is 4.62. The van der Waals surface area contributed by atoms with Crippen LogP contribution in [0.1, 0.15) is 26.3 Å². The Hall–Kier alpha value is -1.02. The van der Waals surface area contributed by atoms with Crippen LogP contribution in [0.3, 0.4) is 0 Å². The third-order valence-electron chi connectivity index (χ3n) is 2.37. The minimum Gasteiger partial charge on any atom is -0.276 e. The number of nitrogens with zero attached hydrogens (tertiary/aromatic N) is 1. The normalized spacial score (nSPS) is 12.3. The molecule has 0 saturated heterocycles. The maximum atomic E-state index is 6.05. The topological polar surface area (TPSA) is 28.7 Å². The van der Waals surface area contributed by atoms with E-state index in [1.807, 2.05) is 12.3 Å². The molecule has 0 saturated carbocycles. The van der Waals surface area contributed by atoms with Crippen molar-refractivity contribution in [3.63, 3.8) is 0 Å². The van der Waals surface area contributed by atoms with E-state index in [1.54, 1.807) is 0 Å². The molecule has 0 fully saturated rings. The molecule has 0 radical (unpaired) electrons. The first-order chi connectivity index (χ1) is 6.50. The van der Waals surface area contributed by atoms with Gasteiger partial charge in [-0.25, -0.2) is 0 Å². The Morgan fingerprint density at radius 3 is 2.64 bits per heavy atom. The van der Waals surface area contributed by atoms with Gasteiger partial charge >= 0.3 is 0 Å². The standard InChI is InChI=1S/C11H13ClN2/c1-11(2,3)8-4-5-9(12)10-7(8)6-13-14-10/h4-6H,1-3H3,(H,13,14). The van der Waals surface area contributed by atoms with Gasteiger partial charge in [-0.3, -0.25) is 5.10 Å². The van der Waals surface area contributed by atoms with Gasteiger partial charge in [0.2, 0.25) is 0 Å². The summed E-state index contributed by atoms with van der Waals surface area (Å²) in [6.07, 6.45) is 1.84. The van der Waals surface area contributed by atoms with Crippen LogP contribution in [0, 0.1) is 0 Å². The van der Waals surface area contributed by atoms with Gasteiger partial charge in [-0.2, -0.15) is 5.10 Å². The van der Waals surface area contributed by atoms with Gasteiger partial charge in [-0.1, -0.05) is 38.4 Å². The van der Waals surface area contributed by atoms with E-state index in [-0.39, 0.29) is 5.41 Å². The molecule has 1 N–H and O–H groups in total. The Bertz CT molecular complexity index is 466. The minimum absolute atomic E-state index is 0.118. The van der Waals surface area contributed by atoms with E-state index in [4.69, 9.17) is 11.6 Å². The molecule has 0 spiro atoms. The molecule has 0 aliphatic carbocycles. The number of hydrogen-bond acceptors (Lipinski definition) is 1. The number of aromatic amines is 1. The lowest BCUT2D eigenvalue weighted by Gasteiger charge is -2.19. The molecule has 1 aromatic heterocycles. The zero-order chi connectivity index (χ0) is 10.3. The third kappa shape index (κ3) is 1.40. The number of aromatic nitrogens is 2. The molecule has 2 rings (SSSR count). The molecule has 2 nitrogen and oxygen atoms in total. The van der Waals surface area contributed by atoms with Gasteiger partial charge in [0.1, 0.15) is 0 Å². The van der Waals surface area contributed by atoms with Gasteiger partial charge in [-0.05, 0) is 17.0 Å². The van der Waals surface area contributed by atoms with Crippen molar-refractivity contribution in [3.8, 4) is 0 Å². The van der Waals surface area contributed by atoms with E-state index in [0.29, 0.717) is 0 Å². The van der Waals surface area contributed by atoms with Crippen molar-refractivity contribution in [1.82, 2.24) is 10.2 Å². The van der Waals surface area contributed by atoms with Crippen LogP contribution in [0.5, 0.6) is 0 Å².